The van der Waals surface area contributed by atoms with Gasteiger partial charge in [0.2, 0.25) is 5.91 Å². The molecule has 0 bridgehead atoms. The van der Waals surface area contributed by atoms with Crippen LogP contribution >= 0.6 is 23.1 Å². The Morgan fingerprint density at radius 1 is 1.21 bits per heavy atom. The van der Waals surface area contributed by atoms with Crippen molar-refractivity contribution < 1.29 is 22.7 Å². The first-order valence-electron chi connectivity index (χ1n) is 9.05. The third-order valence-electron chi connectivity index (χ3n) is 4.75. The standard InChI is InChI=1S/C19H21NO5S3/c21-19(12-27-15-3-4-17-18(10-15)25-7-6-24-17)20(11-16-2-1-8-26-16)14-5-9-28(22,23)13-14/h1-4,8,10,14H,5-7,9,11-13H2. The number of sulfone groups is 1. The fourth-order valence-corrected chi connectivity index (χ4v) is 6.60. The number of hydrogen-bond donors (Lipinski definition) is 0. The van der Waals surface area contributed by atoms with Crippen molar-refractivity contribution in [2.24, 2.45) is 0 Å². The maximum Gasteiger partial charge on any atom is 0.233 e. The summed E-state index contributed by atoms with van der Waals surface area (Å²) >= 11 is 3.00. The summed E-state index contributed by atoms with van der Waals surface area (Å²) in [5, 5.41) is 1.97. The lowest BCUT2D eigenvalue weighted by molar-refractivity contribution is -0.130. The predicted octanol–water partition coefficient (Wildman–Crippen LogP) is 2.83. The molecule has 4 rings (SSSR count). The first kappa shape index (κ1) is 19.6. The Kier molecular flexibility index (Phi) is 5.84. The molecule has 150 valence electrons. The molecule has 0 radical (unpaired) electrons. The highest BCUT2D eigenvalue weighted by Gasteiger charge is 2.34. The van der Waals surface area contributed by atoms with Crippen LogP contribution in [-0.4, -0.2) is 55.7 Å². The van der Waals surface area contributed by atoms with Gasteiger partial charge in [0, 0.05) is 15.8 Å². The SMILES string of the molecule is O=C(CSc1ccc2c(c1)OCCO2)N(Cc1cccs1)C1CCS(=O)(=O)C1. The van der Waals surface area contributed by atoms with Gasteiger partial charge in [0.15, 0.2) is 21.3 Å². The van der Waals surface area contributed by atoms with Gasteiger partial charge in [0.1, 0.15) is 13.2 Å². The Hall–Kier alpha value is -1.71. The molecule has 0 N–H and O–H groups in total. The van der Waals surface area contributed by atoms with E-state index in [9.17, 15) is 13.2 Å². The third kappa shape index (κ3) is 4.64. The Morgan fingerprint density at radius 2 is 2.04 bits per heavy atom. The zero-order valence-corrected chi connectivity index (χ0v) is 17.7. The van der Waals surface area contributed by atoms with E-state index in [0.717, 1.165) is 15.5 Å². The van der Waals surface area contributed by atoms with Crippen LogP contribution in [0.25, 0.3) is 0 Å². The summed E-state index contributed by atoms with van der Waals surface area (Å²) in [4.78, 5) is 16.7. The fraction of sp³-hybridized carbons (Fsp3) is 0.421. The zero-order chi connectivity index (χ0) is 19.6. The summed E-state index contributed by atoms with van der Waals surface area (Å²) in [6.07, 6.45) is 0.508. The Bertz CT molecular complexity index is 942. The van der Waals surface area contributed by atoms with Crippen molar-refractivity contribution in [3.8, 4) is 11.5 Å². The van der Waals surface area contributed by atoms with Crippen LogP contribution in [0.1, 0.15) is 11.3 Å². The second kappa shape index (κ2) is 8.34. The van der Waals surface area contributed by atoms with E-state index >= 15 is 0 Å². The molecule has 9 heteroatoms. The molecule has 0 aliphatic carbocycles. The van der Waals surface area contributed by atoms with Gasteiger partial charge in [-0.15, -0.1) is 23.1 Å². The number of ether oxygens (including phenoxy) is 2. The van der Waals surface area contributed by atoms with Crippen LogP contribution < -0.4 is 9.47 Å². The van der Waals surface area contributed by atoms with Crippen molar-refractivity contribution in [2.75, 3.05) is 30.5 Å². The molecule has 1 aromatic carbocycles. The van der Waals surface area contributed by atoms with E-state index in [1.807, 2.05) is 35.7 Å². The molecule has 0 saturated carbocycles. The highest BCUT2D eigenvalue weighted by molar-refractivity contribution is 8.00. The van der Waals surface area contributed by atoms with Crippen LogP contribution in [0.3, 0.4) is 0 Å². The van der Waals surface area contributed by atoms with E-state index in [4.69, 9.17) is 9.47 Å². The quantitative estimate of drug-likeness (QED) is 0.645. The smallest absolute Gasteiger partial charge is 0.233 e. The summed E-state index contributed by atoms with van der Waals surface area (Å²) in [5.74, 6) is 1.83. The van der Waals surface area contributed by atoms with Crippen molar-refractivity contribution >= 4 is 38.8 Å². The summed E-state index contributed by atoms with van der Waals surface area (Å²) in [5.41, 5.74) is 0. The number of carbonyl (C=O) groups is 1. The summed E-state index contributed by atoms with van der Waals surface area (Å²) < 4.78 is 35.0. The highest BCUT2D eigenvalue weighted by atomic mass is 32.2. The van der Waals surface area contributed by atoms with Gasteiger partial charge < -0.3 is 14.4 Å². The molecule has 2 aromatic rings. The number of rotatable bonds is 6. The van der Waals surface area contributed by atoms with Crippen LogP contribution in [0, 0.1) is 0 Å². The minimum absolute atomic E-state index is 0.0459. The van der Waals surface area contributed by atoms with E-state index < -0.39 is 9.84 Å². The lowest BCUT2D eigenvalue weighted by Gasteiger charge is -2.28. The van der Waals surface area contributed by atoms with Crippen molar-refractivity contribution in [1.82, 2.24) is 4.90 Å². The first-order valence-corrected chi connectivity index (χ1v) is 12.7. The minimum Gasteiger partial charge on any atom is -0.486 e. The largest absolute Gasteiger partial charge is 0.486 e. The molecule has 1 unspecified atom stereocenters. The van der Waals surface area contributed by atoms with Crippen LogP contribution in [0.5, 0.6) is 11.5 Å². The first-order chi connectivity index (χ1) is 13.5. The molecule has 3 heterocycles. The molecular formula is C19H21NO5S3. The number of hydrogen-bond acceptors (Lipinski definition) is 7. The molecular weight excluding hydrogens is 418 g/mol. The van der Waals surface area contributed by atoms with E-state index in [1.54, 1.807) is 16.2 Å². The maximum atomic E-state index is 13.0. The lowest BCUT2D eigenvalue weighted by Crippen LogP contribution is -2.41. The number of carbonyl (C=O) groups excluding carboxylic acids is 1. The van der Waals surface area contributed by atoms with E-state index in [2.05, 4.69) is 0 Å². The Labute approximate surface area is 172 Å². The minimum atomic E-state index is -3.06. The van der Waals surface area contributed by atoms with Gasteiger partial charge in [-0.1, -0.05) is 6.07 Å². The average molecular weight is 440 g/mol. The summed E-state index contributed by atoms with van der Waals surface area (Å²) in [7, 11) is -3.06. The predicted molar refractivity (Wildman–Crippen MR) is 110 cm³/mol. The Balaban J connectivity index is 1.44. The molecule has 1 aromatic heterocycles. The molecule has 2 aliphatic rings. The van der Waals surface area contributed by atoms with Crippen LogP contribution in [0.4, 0.5) is 0 Å². The molecule has 1 amide bonds. The van der Waals surface area contributed by atoms with Gasteiger partial charge in [-0.3, -0.25) is 4.79 Å². The van der Waals surface area contributed by atoms with Crippen LogP contribution in [-0.2, 0) is 21.2 Å². The topological polar surface area (TPSA) is 72.9 Å². The second-order valence-electron chi connectivity index (χ2n) is 6.75. The van der Waals surface area contributed by atoms with Gasteiger partial charge in [-0.25, -0.2) is 8.42 Å². The average Bonchev–Trinajstić information content (AvgIpc) is 3.33. The molecule has 1 saturated heterocycles. The van der Waals surface area contributed by atoms with Crippen LogP contribution in [0.15, 0.2) is 40.6 Å². The van der Waals surface area contributed by atoms with Gasteiger partial charge in [0.25, 0.3) is 0 Å². The summed E-state index contributed by atoms with van der Waals surface area (Å²) in [6, 6.07) is 9.32. The van der Waals surface area contributed by atoms with Gasteiger partial charge in [-0.2, -0.15) is 0 Å². The van der Waals surface area contributed by atoms with E-state index in [-0.39, 0.29) is 29.2 Å². The third-order valence-corrected chi connectivity index (χ3v) is 8.34. The normalized spacial score (nSPS) is 20.1. The lowest BCUT2D eigenvalue weighted by atomic mass is 10.2. The number of benzene rings is 1. The molecule has 28 heavy (non-hydrogen) atoms. The van der Waals surface area contributed by atoms with Crippen molar-refractivity contribution in [2.45, 2.75) is 23.9 Å². The molecule has 1 atom stereocenters. The fourth-order valence-electron chi connectivity index (χ4n) is 3.35. The van der Waals surface area contributed by atoms with E-state index in [0.29, 0.717) is 31.9 Å². The highest BCUT2D eigenvalue weighted by Crippen LogP contribution is 2.34. The molecule has 0 spiro atoms. The number of thioether (sulfide) groups is 1. The monoisotopic (exact) mass is 439 g/mol. The van der Waals surface area contributed by atoms with Crippen molar-refractivity contribution in [3.05, 3.63) is 40.6 Å². The number of amides is 1. The van der Waals surface area contributed by atoms with E-state index in [1.165, 1.54) is 11.8 Å². The zero-order valence-electron chi connectivity index (χ0n) is 15.2. The summed E-state index contributed by atoms with van der Waals surface area (Å²) in [6.45, 7) is 1.52. The van der Waals surface area contributed by atoms with Crippen molar-refractivity contribution in [1.29, 1.82) is 0 Å². The Morgan fingerprint density at radius 3 is 2.75 bits per heavy atom. The molecule has 2 aliphatic heterocycles. The molecule has 1 fully saturated rings. The maximum absolute atomic E-state index is 13.0. The number of fused-ring (bicyclic) bond motifs is 1. The second-order valence-corrected chi connectivity index (χ2v) is 11.1. The van der Waals surface area contributed by atoms with Gasteiger partial charge in [0.05, 0.1) is 23.8 Å². The number of nitrogens with zero attached hydrogens (tertiary/aromatic N) is 1. The van der Waals surface area contributed by atoms with Crippen LogP contribution in [0.2, 0.25) is 0 Å². The van der Waals surface area contributed by atoms with Crippen molar-refractivity contribution in [3.63, 3.8) is 0 Å². The molecule has 6 nitrogen and oxygen atoms in total. The van der Waals surface area contributed by atoms with Gasteiger partial charge >= 0.3 is 0 Å². The number of thiophene rings is 1. The van der Waals surface area contributed by atoms with Gasteiger partial charge in [-0.05, 0) is 36.1 Å².